The maximum atomic E-state index is 13.0. The van der Waals surface area contributed by atoms with Gasteiger partial charge in [0.15, 0.2) is 0 Å². The van der Waals surface area contributed by atoms with Gasteiger partial charge in [-0.1, -0.05) is 52.2 Å². The van der Waals surface area contributed by atoms with E-state index in [2.05, 4.69) is 5.32 Å². The summed E-state index contributed by atoms with van der Waals surface area (Å²) < 4.78 is 2.01. The highest BCUT2D eigenvalue weighted by molar-refractivity contribution is 5.82. The van der Waals surface area contributed by atoms with Crippen molar-refractivity contribution in [2.45, 2.75) is 71.9 Å². The summed E-state index contributed by atoms with van der Waals surface area (Å²) >= 11 is 0. The van der Waals surface area contributed by atoms with Gasteiger partial charge in [0, 0.05) is 31.5 Å². The summed E-state index contributed by atoms with van der Waals surface area (Å²) in [6.45, 7) is 6.49. The minimum absolute atomic E-state index is 0.0215. The van der Waals surface area contributed by atoms with Crippen molar-refractivity contribution in [3.05, 3.63) is 30.1 Å². The van der Waals surface area contributed by atoms with Gasteiger partial charge in [-0.05, 0) is 25.0 Å². The van der Waals surface area contributed by atoms with Crippen LogP contribution in [-0.2, 0) is 22.6 Å². The van der Waals surface area contributed by atoms with Crippen LogP contribution in [0.5, 0.6) is 0 Å². The highest BCUT2D eigenvalue weighted by Gasteiger charge is 2.24. The maximum Gasteiger partial charge on any atom is 0.242 e. The van der Waals surface area contributed by atoms with E-state index < -0.39 is 5.41 Å². The molecule has 158 valence electrons. The molecule has 0 spiro atoms. The second kappa shape index (κ2) is 8.97. The number of nitrogens with one attached hydrogen (secondary N) is 1. The Morgan fingerprint density at radius 1 is 1.17 bits per heavy atom. The predicted octanol–water partition coefficient (Wildman–Crippen LogP) is 3.53. The third kappa shape index (κ3) is 5.17. The van der Waals surface area contributed by atoms with Crippen molar-refractivity contribution in [3.63, 3.8) is 0 Å². The molecule has 29 heavy (non-hydrogen) atoms. The lowest BCUT2D eigenvalue weighted by atomic mass is 9.94. The fourth-order valence-corrected chi connectivity index (χ4v) is 3.96. The van der Waals surface area contributed by atoms with Gasteiger partial charge in [-0.3, -0.25) is 9.59 Å². The van der Waals surface area contributed by atoms with Crippen molar-refractivity contribution in [2.24, 2.45) is 5.41 Å². The molecule has 1 aliphatic rings. The number of amides is 2. The topological polar surface area (TPSA) is 67.2 Å². The maximum absolute atomic E-state index is 13.0. The van der Waals surface area contributed by atoms with Gasteiger partial charge in [-0.2, -0.15) is 0 Å². The molecule has 0 radical (unpaired) electrons. The zero-order valence-corrected chi connectivity index (χ0v) is 18.2. The van der Waals surface area contributed by atoms with E-state index in [1.54, 1.807) is 0 Å². The molecule has 0 aliphatic heterocycles. The molecule has 0 saturated heterocycles. The molecular weight excluding hydrogens is 364 g/mol. The number of likely N-dealkylation sites (N-methyl/N-ethyl adjacent to an activating group) is 1. The molecule has 6 heteroatoms. The summed E-state index contributed by atoms with van der Waals surface area (Å²) in [5.41, 5.74) is 1.44. The van der Waals surface area contributed by atoms with Crippen molar-refractivity contribution in [3.8, 4) is 0 Å². The van der Waals surface area contributed by atoms with E-state index in [0.717, 1.165) is 29.7 Å². The third-order valence-corrected chi connectivity index (χ3v) is 5.86. The van der Waals surface area contributed by atoms with Gasteiger partial charge in [0.05, 0.1) is 11.0 Å². The highest BCUT2D eigenvalue weighted by Crippen LogP contribution is 2.23. The molecule has 1 aromatic carbocycles. The molecule has 0 unspecified atom stereocenters. The van der Waals surface area contributed by atoms with E-state index >= 15 is 0 Å². The van der Waals surface area contributed by atoms with Crippen LogP contribution in [0.1, 0.15) is 58.7 Å². The first-order chi connectivity index (χ1) is 13.8. The van der Waals surface area contributed by atoms with Crippen molar-refractivity contribution in [2.75, 3.05) is 13.6 Å². The summed E-state index contributed by atoms with van der Waals surface area (Å²) in [6, 6.07) is 8.26. The van der Waals surface area contributed by atoms with Crippen LogP contribution in [0.3, 0.4) is 0 Å². The van der Waals surface area contributed by atoms with Gasteiger partial charge in [0.1, 0.15) is 12.4 Å². The summed E-state index contributed by atoms with van der Waals surface area (Å²) in [5.74, 6) is 0.985. The van der Waals surface area contributed by atoms with E-state index in [4.69, 9.17) is 4.98 Å². The highest BCUT2D eigenvalue weighted by atomic mass is 16.2. The first-order valence-corrected chi connectivity index (χ1v) is 10.8. The average Bonchev–Trinajstić information content (AvgIpc) is 3.04. The molecule has 1 aliphatic carbocycles. The summed E-state index contributed by atoms with van der Waals surface area (Å²) in [4.78, 5) is 31.8. The lowest BCUT2D eigenvalue weighted by Gasteiger charge is -2.31. The zero-order chi connectivity index (χ0) is 21.0. The number of para-hydroxylation sites is 2. The second-order valence-electron chi connectivity index (χ2n) is 9.16. The molecule has 0 atom stereocenters. The second-order valence-corrected chi connectivity index (χ2v) is 9.16. The van der Waals surface area contributed by atoms with Crippen LogP contribution in [0.25, 0.3) is 11.0 Å². The van der Waals surface area contributed by atoms with Gasteiger partial charge in [0.2, 0.25) is 11.8 Å². The van der Waals surface area contributed by atoms with E-state index in [1.165, 1.54) is 19.3 Å². The summed E-state index contributed by atoms with van der Waals surface area (Å²) in [6.07, 6.45) is 6.47. The number of benzene rings is 1. The number of hydrogen-bond donors (Lipinski definition) is 1. The SMILES string of the molecule is CN(C(=O)Cn1c(CCNC(=O)C(C)(C)C)nc2ccccc21)C1CCCCC1. The Kier molecular flexibility index (Phi) is 6.60. The van der Waals surface area contributed by atoms with Crippen LogP contribution >= 0.6 is 0 Å². The number of imidazole rings is 1. The van der Waals surface area contributed by atoms with Crippen molar-refractivity contribution in [1.29, 1.82) is 0 Å². The minimum atomic E-state index is -0.418. The number of hydrogen-bond acceptors (Lipinski definition) is 3. The van der Waals surface area contributed by atoms with Crippen molar-refractivity contribution >= 4 is 22.8 Å². The van der Waals surface area contributed by atoms with Gasteiger partial charge in [-0.15, -0.1) is 0 Å². The van der Waals surface area contributed by atoms with Crippen LogP contribution in [0, 0.1) is 5.41 Å². The average molecular weight is 399 g/mol. The zero-order valence-electron chi connectivity index (χ0n) is 18.2. The monoisotopic (exact) mass is 398 g/mol. The first kappa shape index (κ1) is 21.3. The van der Waals surface area contributed by atoms with Crippen LogP contribution in [-0.4, -0.2) is 45.9 Å². The van der Waals surface area contributed by atoms with Crippen LogP contribution < -0.4 is 5.32 Å². The smallest absolute Gasteiger partial charge is 0.242 e. The molecule has 1 heterocycles. The number of rotatable bonds is 6. The number of carbonyl (C=O) groups excluding carboxylic acids is 2. The molecule has 3 rings (SSSR count). The van der Waals surface area contributed by atoms with Crippen molar-refractivity contribution in [1.82, 2.24) is 19.8 Å². The van der Waals surface area contributed by atoms with Crippen LogP contribution in [0.4, 0.5) is 0 Å². The molecule has 0 bridgehead atoms. The number of nitrogens with zero attached hydrogens (tertiary/aromatic N) is 3. The van der Waals surface area contributed by atoms with E-state index in [1.807, 2.05) is 61.6 Å². The molecule has 2 amide bonds. The lowest BCUT2D eigenvalue weighted by molar-refractivity contribution is -0.133. The number of carbonyl (C=O) groups is 2. The molecular formula is C23H34N4O2. The third-order valence-electron chi connectivity index (χ3n) is 5.86. The largest absolute Gasteiger partial charge is 0.355 e. The fourth-order valence-electron chi connectivity index (χ4n) is 3.96. The van der Waals surface area contributed by atoms with Gasteiger partial charge >= 0.3 is 0 Å². The number of fused-ring (bicyclic) bond motifs is 1. The van der Waals surface area contributed by atoms with E-state index in [9.17, 15) is 9.59 Å². The molecule has 1 N–H and O–H groups in total. The molecule has 1 fully saturated rings. The Balaban J connectivity index is 1.74. The summed E-state index contributed by atoms with van der Waals surface area (Å²) in [5, 5.41) is 2.98. The van der Waals surface area contributed by atoms with Gasteiger partial charge in [-0.25, -0.2) is 4.98 Å². The molecule has 1 aromatic heterocycles. The Morgan fingerprint density at radius 3 is 2.55 bits per heavy atom. The summed E-state index contributed by atoms with van der Waals surface area (Å²) in [7, 11) is 1.93. The molecule has 2 aromatic rings. The standard InChI is InChI=1S/C23H34N4O2/c1-23(2,3)22(29)24-15-14-20-25-18-12-8-9-13-19(18)27(20)16-21(28)26(4)17-10-6-5-7-11-17/h8-9,12-13,17H,5-7,10-11,14-16H2,1-4H3,(H,24,29). The number of aromatic nitrogens is 2. The fraction of sp³-hybridized carbons (Fsp3) is 0.609. The van der Waals surface area contributed by atoms with Crippen LogP contribution in [0.15, 0.2) is 24.3 Å². The predicted molar refractivity (Wildman–Crippen MR) is 116 cm³/mol. The van der Waals surface area contributed by atoms with E-state index in [0.29, 0.717) is 19.0 Å². The lowest BCUT2D eigenvalue weighted by Crippen LogP contribution is -2.40. The van der Waals surface area contributed by atoms with Gasteiger partial charge < -0.3 is 14.8 Å². The Hall–Kier alpha value is -2.37. The first-order valence-electron chi connectivity index (χ1n) is 10.8. The normalized spacial score (nSPS) is 15.4. The Morgan fingerprint density at radius 2 is 1.86 bits per heavy atom. The minimum Gasteiger partial charge on any atom is -0.355 e. The quantitative estimate of drug-likeness (QED) is 0.809. The van der Waals surface area contributed by atoms with E-state index in [-0.39, 0.29) is 18.4 Å². The molecule has 6 nitrogen and oxygen atoms in total. The Labute approximate surface area is 173 Å². The van der Waals surface area contributed by atoms with Gasteiger partial charge in [0.25, 0.3) is 0 Å². The van der Waals surface area contributed by atoms with Crippen molar-refractivity contribution < 1.29 is 9.59 Å². The van der Waals surface area contributed by atoms with Crippen LogP contribution in [0.2, 0.25) is 0 Å². The molecule has 1 saturated carbocycles. The Bertz CT molecular complexity index is 859.